The van der Waals surface area contributed by atoms with Crippen molar-refractivity contribution >= 4 is 28.8 Å². The van der Waals surface area contributed by atoms with E-state index in [0.29, 0.717) is 30.5 Å². The molecule has 0 fully saturated rings. The van der Waals surface area contributed by atoms with Crippen LogP contribution in [0, 0.1) is 5.92 Å². The predicted molar refractivity (Wildman–Crippen MR) is 116 cm³/mol. The van der Waals surface area contributed by atoms with Gasteiger partial charge in [0.1, 0.15) is 16.5 Å². The van der Waals surface area contributed by atoms with Crippen LogP contribution in [0.2, 0.25) is 0 Å². The van der Waals surface area contributed by atoms with E-state index in [1.165, 1.54) is 11.3 Å². The van der Waals surface area contributed by atoms with Gasteiger partial charge in [0.25, 0.3) is 11.8 Å². The molecule has 1 N–H and O–H groups in total. The van der Waals surface area contributed by atoms with Crippen LogP contribution < -0.4 is 15.0 Å². The highest BCUT2D eigenvalue weighted by molar-refractivity contribution is 7.09. The van der Waals surface area contributed by atoms with Crippen molar-refractivity contribution in [3.8, 4) is 5.75 Å². The third-order valence-electron chi connectivity index (χ3n) is 4.85. The van der Waals surface area contributed by atoms with Crippen LogP contribution >= 0.6 is 11.3 Å². The Morgan fingerprint density at radius 1 is 1.34 bits per heavy atom. The number of thiazole rings is 1. The Kier molecular flexibility index (Phi) is 6.27. The lowest BCUT2D eigenvalue weighted by molar-refractivity contribution is -0.121. The molecular weight excluding hydrogens is 386 g/mol. The Morgan fingerprint density at radius 3 is 2.79 bits per heavy atom. The Bertz CT molecular complexity index is 899. The first kappa shape index (κ1) is 21.3. The summed E-state index contributed by atoms with van der Waals surface area (Å²) in [6.07, 6.45) is 0.928. The summed E-state index contributed by atoms with van der Waals surface area (Å²) >= 11 is 1.39. The van der Waals surface area contributed by atoms with Crippen molar-refractivity contribution in [3.05, 3.63) is 39.8 Å². The van der Waals surface area contributed by atoms with Gasteiger partial charge in [-0.3, -0.25) is 14.5 Å². The summed E-state index contributed by atoms with van der Waals surface area (Å²) in [5.41, 5.74) is 2.25. The number of nitrogens with zero attached hydrogens (tertiary/aromatic N) is 2. The summed E-state index contributed by atoms with van der Waals surface area (Å²) in [6, 6.07) is 5.97. The molecule has 2 amide bonds. The molecule has 0 unspecified atom stereocenters. The van der Waals surface area contributed by atoms with Crippen molar-refractivity contribution in [2.24, 2.45) is 5.92 Å². The lowest BCUT2D eigenvalue weighted by atomic mass is 9.86. The van der Waals surface area contributed by atoms with Crippen LogP contribution in [0.4, 0.5) is 5.69 Å². The van der Waals surface area contributed by atoms with E-state index in [0.717, 1.165) is 22.7 Å². The molecule has 3 rings (SSSR count). The van der Waals surface area contributed by atoms with Gasteiger partial charge >= 0.3 is 0 Å². The van der Waals surface area contributed by atoms with E-state index < -0.39 is 0 Å². The minimum absolute atomic E-state index is 0.00971. The lowest BCUT2D eigenvalue weighted by Gasteiger charge is -2.30. The number of rotatable bonds is 6. The average molecular weight is 416 g/mol. The Labute approximate surface area is 176 Å². The van der Waals surface area contributed by atoms with E-state index in [-0.39, 0.29) is 23.8 Å². The maximum atomic E-state index is 12.6. The number of carbonyl (C=O) groups excluding carboxylic acids is 2. The first-order valence-corrected chi connectivity index (χ1v) is 10.8. The molecule has 0 atom stereocenters. The average Bonchev–Trinajstić information content (AvgIpc) is 3.11. The standard InChI is InChI=1S/C22H29N3O3S/c1-14(2)8-9-23-21(27)16-13-29-19(24-16)11-25-17-10-15(22(3,4)5)6-7-18(17)28-12-20(25)26/h6-7,10,13-14H,8-9,11-12H2,1-5H3,(H,23,27). The fourth-order valence-corrected chi connectivity index (χ4v) is 3.79. The van der Waals surface area contributed by atoms with Crippen LogP contribution in [0.25, 0.3) is 0 Å². The largest absolute Gasteiger partial charge is 0.482 e. The van der Waals surface area contributed by atoms with Crippen molar-refractivity contribution in [1.82, 2.24) is 10.3 Å². The van der Waals surface area contributed by atoms with Gasteiger partial charge in [-0.2, -0.15) is 0 Å². The van der Waals surface area contributed by atoms with Gasteiger partial charge < -0.3 is 10.1 Å². The normalized spacial score (nSPS) is 14.0. The molecule has 29 heavy (non-hydrogen) atoms. The third-order valence-corrected chi connectivity index (χ3v) is 5.69. The Morgan fingerprint density at radius 2 is 2.10 bits per heavy atom. The SMILES string of the molecule is CC(C)CCNC(=O)c1csc(CN2C(=O)COc3ccc(C(C)(C)C)cc32)n1. The molecule has 0 radical (unpaired) electrons. The van der Waals surface area contributed by atoms with Crippen LogP contribution in [0.5, 0.6) is 5.75 Å². The third kappa shape index (κ3) is 5.15. The molecule has 2 aromatic rings. The summed E-state index contributed by atoms with van der Waals surface area (Å²) in [5.74, 6) is 0.950. The summed E-state index contributed by atoms with van der Waals surface area (Å²) in [6.45, 7) is 11.6. The highest BCUT2D eigenvalue weighted by Crippen LogP contribution is 2.37. The molecule has 0 bridgehead atoms. The zero-order chi connectivity index (χ0) is 21.2. The van der Waals surface area contributed by atoms with Gasteiger partial charge in [0.15, 0.2) is 6.61 Å². The van der Waals surface area contributed by atoms with Gasteiger partial charge in [-0.25, -0.2) is 4.98 Å². The molecule has 7 heteroatoms. The van der Waals surface area contributed by atoms with Gasteiger partial charge in [-0.1, -0.05) is 40.7 Å². The summed E-state index contributed by atoms with van der Waals surface area (Å²) in [4.78, 5) is 31.0. The number of ether oxygens (including phenoxy) is 1. The minimum atomic E-state index is -0.170. The van der Waals surface area contributed by atoms with Crippen LogP contribution in [-0.4, -0.2) is 29.9 Å². The second-order valence-corrected chi connectivity index (χ2v) is 9.71. The minimum Gasteiger partial charge on any atom is -0.482 e. The number of benzene rings is 1. The van der Waals surface area contributed by atoms with Crippen molar-refractivity contribution in [2.75, 3.05) is 18.1 Å². The molecular formula is C22H29N3O3S. The molecule has 0 saturated heterocycles. The summed E-state index contributed by atoms with van der Waals surface area (Å²) in [7, 11) is 0. The van der Waals surface area contributed by atoms with Crippen LogP contribution in [0.15, 0.2) is 23.6 Å². The Hall–Kier alpha value is -2.41. The summed E-state index contributed by atoms with van der Waals surface area (Å²) in [5, 5.41) is 5.37. The Balaban J connectivity index is 1.76. The number of hydrogen-bond donors (Lipinski definition) is 1. The molecule has 1 aliphatic heterocycles. The molecule has 1 aromatic carbocycles. The highest BCUT2D eigenvalue weighted by atomic mass is 32.1. The number of hydrogen-bond acceptors (Lipinski definition) is 5. The van der Waals surface area contributed by atoms with Gasteiger partial charge in [-0.05, 0) is 35.4 Å². The van der Waals surface area contributed by atoms with E-state index in [2.05, 4.69) is 44.9 Å². The molecule has 0 spiro atoms. The molecule has 0 saturated carbocycles. The fourth-order valence-electron chi connectivity index (χ4n) is 3.03. The maximum absolute atomic E-state index is 12.6. The second-order valence-electron chi connectivity index (χ2n) is 8.77. The van der Waals surface area contributed by atoms with Gasteiger partial charge in [0.2, 0.25) is 0 Å². The van der Waals surface area contributed by atoms with Crippen LogP contribution in [0.3, 0.4) is 0 Å². The lowest BCUT2D eigenvalue weighted by Crippen LogP contribution is -2.38. The molecule has 156 valence electrons. The fraction of sp³-hybridized carbons (Fsp3) is 0.500. The number of aromatic nitrogens is 1. The van der Waals surface area contributed by atoms with E-state index in [1.54, 1.807) is 10.3 Å². The monoisotopic (exact) mass is 415 g/mol. The van der Waals surface area contributed by atoms with Crippen LogP contribution in [-0.2, 0) is 16.8 Å². The van der Waals surface area contributed by atoms with E-state index in [1.807, 2.05) is 18.2 Å². The highest BCUT2D eigenvalue weighted by Gasteiger charge is 2.28. The van der Waals surface area contributed by atoms with E-state index >= 15 is 0 Å². The van der Waals surface area contributed by atoms with Crippen molar-refractivity contribution in [2.45, 2.75) is 53.0 Å². The predicted octanol–water partition coefficient (Wildman–Crippen LogP) is 4.14. The van der Waals surface area contributed by atoms with Crippen LogP contribution in [0.1, 0.15) is 62.1 Å². The van der Waals surface area contributed by atoms with Gasteiger partial charge in [-0.15, -0.1) is 11.3 Å². The molecule has 2 heterocycles. The number of carbonyl (C=O) groups is 2. The van der Waals surface area contributed by atoms with Crippen molar-refractivity contribution in [3.63, 3.8) is 0 Å². The molecule has 0 aliphatic carbocycles. The van der Waals surface area contributed by atoms with Gasteiger partial charge in [0, 0.05) is 11.9 Å². The number of amides is 2. The first-order valence-electron chi connectivity index (χ1n) is 9.95. The molecule has 6 nitrogen and oxygen atoms in total. The van der Waals surface area contributed by atoms with E-state index in [9.17, 15) is 9.59 Å². The maximum Gasteiger partial charge on any atom is 0.270 e. The first-order chi connectivity index (χ1) is 13.6. The quantitative estimate of drug-likeness (QED) is 0.770. The second kappa shape index (κ2) is 8.53. The number of nitrogens with one attached hydrogen (secondary N) is 1. The summed E-state index contributed by atoms with van der Waals surface area (Å²) < 4.78 is 5.61. The zero-order valence-corrected chi connectivity index (χ0v) is 18.6. The topological polar surface area (TPSA) is 71.5 Å². The molecule has 1 aromatic heterocycles. The van der Waals surface area contributed by atoms with Crippen molar-refractivity contribution in [1.29, 1.82) is 0 Å². The zero-order valence-electron chi connectivity index (χ0n) is 17.7. The number of fused-ring (bicyclic) bond motifs is 1. The van der Waals surface area contributed by atoms with E-state index in [4.69, 9.17) is 4.74 Å². The molecule has 1 aliphatic rings. The smallest absolute Gasteiger partial charge is 0.270 e. The van der Waals surface area contributed by atoms with Gasteiger partial charge in [0.05, 0.1) is 12.2 Å². The number of anilines is 1. The van der Waals surface area contributed by atoms with Crippen molar-refractivity contribution < 1.29 is 14.3 Å².